The number of aliphatic carboxylic acids is 1. The number of esters is 1. The van der Waals surface area contributed by atoms with Crippen LogP contribution in [0.4, 0.5) is 0 Å². The van der Waals surface area contributed by atoms with Crippen molar-refractivity contribution >= 4 is 17.7 Å². The van der Waals surface area contributed by atoms with Crippen LogP contribution in [0.1, 0.15) is 127 Å². The quantitative estimate of drug-likeness (QED) is 0.161. The molecule has 6 fully saturated rings. The summed E-state index contributed by atoms with van der Waals surface area (Å²) >= 11 is 0. The molecule has 0 spiro atoms. The van der Waals surface area contributed by atoms with E-state index in [4.69, 9.17) is 9.47 Å². The lowest BCUT2D eigenvalue weighted by Gasteiger charge is -2.72. The predicted molar refractivity (Wildman–Crippen MR) is 208 cm³/mol. The first kappa shape index (κ1) is 40.4. The van der Waals surface area contributed by atoms with E-state index in [0.717, 1.165) is 96.3 Å². The summed E-state index contributed by atoms with van der Waals surface area (Å²) in [4.78, 5) is 41.9. The summed E-state index contributed by atoms with van der Waals surface area (Å²) in [5.74, 6) is -0.314. The van der Waals surface area contributed by atoms with Crippen LogP contribution in [0.25, 0.3) is 0 Å². The number of carboxylic acid groups (broad SMARTS) is 1. The predicted octanol–water partition coefficient (Wildman–Crippen LogP) is 6.91. The van der Waals surface area contributed by atoms with Crippen LogP contribution in [0.2, 0.25) is 0 Å². The van der Waals surface area contributed by atoms with Gasteiger partial charge in [0.2, 0.25) is 0 Å². The van der Waals surface area contributed by atoms with E-state index in [0.29, 0.717) is 31.2 Å². The molecule has 304 valence electrons. The van der Waals surface area contributed by atoms with Crippen molar-refractivity contribution in [1.82, 2.24) is 10.2 Å². The second-order valence-electron chi connectivity index (χ2n) is 21.3. The van der Waals surface area contributed by atoms with E-state index in [2.05, 4.69) is 58.7 Å². The molecular formula is C45H72N2O7. The molecule has 0 aromatic heterocycles. The van der Waals surface area contributed by atoms with Crippen LogP contribution in [0, 0.1) is 68.0 Å². The zero-order valence-electron chi connectivity index (χ0n) is 35.0. The number of carbonyl (C=O) groups excluding carboxylic acids is 2. The Bertz CT molecular complexity index is 1530. The Morgan fingerprint density at radius 3 is 2.24 bits per heavy atom. The fraction of sp³-hybridized carbons (Fsp3) is 0.889. The maximum Gasteiger partial charge on any atom is 0.309 e. The van der Waals surface area contributed by atoms with Gasteiger partial charge >= 0.3 is 11.9 Å². The van der Waals surface area contributed by atoms with Gasteiger partial charge in [-0.1, -0.05) is 67.9 Å². The van der Waals surface area contributed by atoms with Gasteiger partial charge < -0.3 is 25.0 Å². The number of carbonyl (C=O) groups is 3. The highest BCUT2D eigenvalue weighted by Gasteiger charge is 2.71. The molecule has 54 heavy (non-hydrogen) atoms. The molecule has 1 heterocycles. The number of ketones is 1. The van der Waals surface area contributed by atoms with E-state index < -0.39 is 28.8 Å². The molecule has 5 saturated carbocycles. The average Bonchev–Trinajstić information content (AvgIpc) is 3.41. The number of hydrogen-bond donors (Lipinski definition) is 3. The molecule has 0 bridgehead atoms. The molecule has 1 aliphatic heterocycles. The van der Waals surface area contributed by atoms with Crippen molar-refractivity contribution in [2.45, 2.75) is 139 Å². The Morgan fingerprint density at radius 1 is 0.889 bits per heavy atom. The van der Waals surface area contributed by atoms with E-state index in [9.17, 15) is 24.6 Å². The molecule has 7 aliphatic rings. The minimum atomic E-state index is -0.824. The smallest absolute Gasteiger partial charge is 0.309 e. The fourth-order valence-electron chi connectivity index (χ4n) is 14.7. The van der Waals surface area contributed by atoms with Crippen molar-refractivity contribution in [2.24, 2.45) is 68.0 Å². The number of nitrogens with zero attached hydrogens (tertiary/aromatic N) is 1. The number of allylic oxidation sites excluding steroid dienone is 1. The number of rotatable bonds is 10. The Labute approximate surface area is 325 Å². The summed E-state index contributed by atoms with van der Waals surface area (Å²) in [6, 6.07) is 0. The van der Waals surface area contributed by atoms with Crippen LogP contribution in [0.15, 0.2) is 11.1 Å². The molecule has 0 amide bonds. The Balaban J connectivity index is 1.10. The van der Waals surface area contributed by atoms with Crippen molar-refractivity contribution in [3.05, 3.63) is 11.1 Å². The van der Waals surface area contributed by atoms with Crippen molar-refractivity contribution in [3.63, 3.8) is 0 Å². The standard InChI is InChI=1S/C45H72N2O7/c1-27(2)36-31(48)25-45(34(49)26-46-18-19-47-20-22-53-23-21-47)17-16-43(8)28(37(36)45)10-11-33-42(7)14-13-35(41(5,6)32(42)12-15-44(33,43)9)54-39(52)30-24-29(38(50)51)40(30,3)4/h27-30,32-35,46,49H,10-26H2,1-9H3,(H,50,51)/t28-,29+,30-,32+,33-,34+,35+,42+,43-,44-,45+/m1/s1. The van der Waals surface area contributed by atoms with Crippen LogP contribution >= 0.6 is 0 Å². The largest absolute Gasteiger partial charge is 0.481 e. The Hall–Kier alpha value is -1.81. The van der Waals surface area contributed by atoms with E-state index in [1.807, 2.05) is 13.8 Å². The highest BCUT2D eigenvalue weighted by Crippen LogP contribution is 2.77. The number of fused-ring (bicyclic) bond motifs is 7. The van der Waals surface area contributed by atoms with E-state index in [1.165, 1.54) is 5.57 Å². The summed E-state index contributed by atoms with van der Waals surface area (Å²) < 4.78 is 11.9. The van der Waals surface area contributed by atoms with Crippen molar-refractivity contribution in [3.8, 4) is 0 Å². The number of ether oxygens (including phenoxy) is 2. The summed E-state index contributed by atoms with van der Waals surface area (Å²) in [6.07, 6.45) is 8.12. The highest BCUT2D eigenvalue weighted by atomic mass is 16.5. The first-order chi connectivity index (χ1) is 25.3. The van der Waals surface area contributed by atoms with Crippen LogP contribution in [-0.4, -0.2) is 91.0 Å². The molecule has 6 aliphatic carbocycles. The molecule has 1 saturated heterocycles. The maximum atomic E-state index is 14.1. The number of Topliss-reactive ketones (excluding diaryl/α,β-unsaturated/α-hetero) is 1. The van der Waals surface area contributed by atoms with Gasteiger partial charge in [-0.3, -0.25) is 19.3 Å². The molecule has 7 rings (SSSR count). The van der Waals surface area contributed by atoms with Gasteiger partial charge in [-0.15, -0.1) is 0 Å². The number of aliphatic hydroxyl groups excluding tert-OH is 1. The van der Waals surface area contributed by atoms with Crippen molar-refractivity contribution in [1.29, 1.82) is 0 Å². The molecule has 11 atom stereocenters. The first-order valence-corrected chi connectivity index (χ1v) is 21.7. The van der Waals surface area contributed by atoms with Gasteiger partial charge in [0.05, 0.1) is 31.2 Å². The third-order valence-electron chi connectivity index (χ3n) is 18.2. The van der Waals surface area contributed by atoms with E-state index in [-0.39, 0.29) is 57.3 Å². The van der Waals surface area contributed by atoms with Gasteiger partial charge in [0.15, 0.2) is 5.78 Å². The average molecular weight is 753 g/mol. The van der Waals surface area contributed by atoms with Crippen LogP contribution in [0.5, 0.6) is 0 Å². The SMILES string of the molecule is CC(C)C1=C2[C@H]3CC[C@@H]4[C@@]5(C)CC[C@H](OC(=O)[C@H]6C[C@@H](C(=O)O)C6(C)C)C(C)(C)[C@@H]5CC[C@@]4(C)[C@]3(C)CC[C@@]2([C@@H](O)CNCCN2CCOCC2)CC1=O. The van der Waals surface area contributed by atoms with Crippen molar-refractivity contribution in [2.75, 3.05) is 45.9 Å². The van der Waals surface area contributed by atoms with Crippen LogP contribution in [0.3, 0.4) is 0 Å². The Kier molecular flexibility index (Phi) is 10.4. The zero-order chi connectivity index (χ0) is 39.2. The fourth-order valence-corrected chi connectivity index (χ4v) is 14.7. The number of nitrogens with one attached hydrogen (secondary N) is 1. The minimum Gasteiger partial charge on any atom is -0.481 e. The lowest BCUT2D eigenvalue weighted by Crippen LogP contribution is -2.66. The van der Waals surface area contributed by atoms with Crippen LogP contribution < -0.4 is 5.32 Å². The highest BCUT2D eigenvalue weighted by molar-refractivity contribution is 6.00. The summed E-state index contributed by atoms with van der Waals surface area (Å²) in [7, 11) is 0. The molecule has 9 nitrogen and oxygen atoms in total. The van der Waals surface area contributed by atoms with Gasteiger partial charge in [0, 0.05) is 50.0 Å². The zero-order valence-corrected chi connectivity index (χ0v) is 35.0. The summed E-state index contributed by atoms with van der Waals surface area (Å²) in [6.45, 7) is 26.2. The molecule has 0 radical (unpaired) electrons. The second kappa shape index (κ2) is 13.9. The molecule has 9 heteroatoms. The summed E-state index contributed by atoms with van der Waals surface area (Å²) in [5, 5.41) is 25.4. The lowest BCUT2D eigenvalue weighted by molar-refractivity contribution is -0.238. The van der Waals surface area contributed by atoms with Gasteiger partial charge in [-0.05, 0) is 109 Å². The van der Waals surface area contributed by atoms with E-state index >= 15 is 0 Å². The topological polar surface area (TPSA) is 125 Å². The lowest BCUT2D eigenvalue weighted by atomic mass is 9.33. The van der Waals surface area contributed by atoms with Crippen molar-refractivity contribution < 1.29 is 34.1 Å². The maximum absolute atomic E-state index is 14.1. The Morgan fingerprint density at radius 2 is 1.59 bits per heavy atom. The molecule has 3 N–H and O–H groups in total. The van der Waals surface area contributed by atoms with Gasteiger partial charge in [0.25, 0.3) is 0 Å². The number of carboxylic acids is 1. The molecule has 0 unspecified atom stereocenters. The van der Waals surface area contributed by atoms with Gasteiger partial charge in [-0.25, -0.2) is 0 Å². The monoisotopic (exact) mass is 753 g/mol. The van der Waals surface area contributed by atoms with E-state index in [1.54, 1.807) is 0 Å². The first-order valence-electron chi connectivity index (χ1n) is 21.7. The molecule has 0 aromatic carbocycles. The third-order valence-corrected chi connectivity index (χ3v) is 18.2. The minimum absolute atomic E-state index is 0.0148. The normalized spacial score (nSPS) is 43.4. The number of hydrogen-bond acceptors (Lipinski definition) is 8. The third kappa shape index (κ3) is 5.92. The van der Waals surface area contributed by atoms with Crippen LogP contribution in [-0.2, 0) is 23.9 Å². The number of morpholine rings is 1. The van der Waals surface area contributed by atoms with Gasteiger partial charge in [-0.2, -0.15) is 0 Å². The molecular weight excluding hydrogens is 681 g/mol. The van der Waals surface area contributed by atoms with Gasteiger partial charge in [0.1, 0.15) is 6.10 Å². The molecule has 0 aromatic rings. The second-order valence-corrected chi connectivity index (χ2v) is 21.3. The summed E-state index contributed by atoms with van der Waals surface area (Å²) in [5.41, 5.74) is 1.25. The number of aliphatic hydroxyl groups is 1.